The lowest BCUT2D eigenvalue weighted by Gasteiger charge is -2.07. The van der Waals surface area contributed by atoms with Crippen molar-refractivity contribution in [1.29, 1.82) is 0 Å². The largest absolute Gasteiger partial charge is 0.399 e. The van der Waals surface area contributed by atoms with Crippen molar-refractivity contribution in [3.8, 4) is 0 Å². The number of hydrogen-bond acceptors (Lipinski definition) is 4. The second-order valence-corrected chi connectivity index (χ2v) is 8.20. The van der Waals surface area contributed by atoms with Gasteiger partial charge in [0.1, 0.15) is 5.49 Å². The van der Waals surface area contributed by atoms with E-state index in [1.54, 1.807) is 0 Å². The van der Waals surface area contributed by atoms with Crippen molar-refractivity contribution in [2.75, 3.05) is 17.9 Å². The molecule has 5 nitrogen and oxygen atoms in total. The summed E-state index contributed by atoms with van der Waals surface area (Å²) in [5.74, 6) is 0. The van der Waals surface area contributed by atoms with Gasteiger partial charge in [0.05, 0.1) is 4.90 Å². The Hall–Kier alpha value is -0.840. The number of nitrogen functional groups attached to an aromatic ring is 1. The standard InChI is InChI=1S/C8H12NO4PS/c1-14(10,11)6-15(12,13)8-4-2-7(9)3-5-8/h2-5H,6,9H2,1H3,(H,10,11). The third kappa shape index (κ3) is 3.66. The first-order chi connectivity index (χ1) is 6.71. The van der Waals surface area contributed by atoms with Gasteiger partial charge in [0.2, 0.25) is 7.37 Å². The van der Waals surface area contributed by atoms with E-state index >= 15 is 0 Å². The van der Waals surface area contributed by atoms with Gasteiger partial charge in [-0.3, -0.25) is 4.57 Å². The number of anilines is 1. The van der Waals surface area contributed by atoms with Crippen LogP contribution in [0, 0.1) is 0 Å². The lowest BCUT2D eigenvalue weighted by molar-refractivity contribution is 0.489. The molecule has 0 bridgehead atoms. The molecule has 1 aromatic rings. The lowest BCUT2D eigenvalue weighted by atomic mass is 10.3. The average Bonchev–Trinajstić information content (AvgIpc) is 2.00. The molecule has 1 atom stereocenters. The maximum Gasteiger partial charge on any atom is 0.212 e. The van der Waals surface area contributed by atoms with E-state index in [4.69, 9.17) is 10.6 Å². The van der Waals surface area contributed by atoms with Gasteiger partial charge in [-0.2, -0.15) is 0 Å². The predicted molar refractivity (Wildman–Crippen MR) is 58.7 cm³/mol. The second-order valence-electron chi connectivity index (χ2n) is 3.36. The summed E-state index contributed by atoms with van der Waals surface area (Å²) < 4.78 is 34.2. The lowest BCUT2D eigenvalue weighted by Crippen LogP contribution is -2.06. The molecule has 0 fully saturated rings. The first kappa shape index (κ1) is 12.2. The summed E-state index contributed by atoms with van der Waals surface area (Å²) in [5.41, 5.74) is 5.09. The second kappa shape index (κ2) is 3.96. The first-order valence-corrected chi connectivity index (χ1v) is 8.03. The van der Waals surface area contributed by atoms with E-state index < -0.39 is 22.7 Å². The molecule has 1 rings (SSSR count). The Kier molecular flexibility index (Phi) is 3.23. The highest BCUT2D eigenvalue weighted by Crippen LogP contribution is 2.38. The Labute approximate surface area is 88.3 Å². The van der Waals surface area contributed by atoms with Crippen LogP contribution in [0.1, 0.15) is 0 Å². The molecule has 0 radical (unpaired) electrons. The molecular formula is C8H12NO4PS. The zero-order chi connectivity index (χ0) is 11.7. The number of nitrogens with two attached hydrogens (primary N) is 1. The molecule has 0 aliphatic rings. The molecule has 0 aliphatic carbocycles. The molecule has 15 heavy (non-hydrogen) atoms. The molecule has 0 aromatic heterocycles. The Balaban J connectivity index is 3.07. The summed E-state index contributed by atoms with van der Waals surface area (Å²) in [5, 5.41) is 0. The summed E-state index contributed by atoms with van der Waals surface area (Å²) >= 11 is 0. The van der Waals surface area contributed by atoms with E-state index in [-0.39, 0.29) is 4.90 Å². The minimum Gasteiger partial charge on any atom is -0.399 e. The van der Waals surface area contributed by atoms with Gasteiger partial charge in [-0.1, -0.05) is 0 Å². The summed E-state index contributed by atoms with van der Waals surface area (Å²) in [6.07, 6.45) is 0. The molecule has 1 unspecified atom stereocenters. The van der Waals surface area contributed by atoms with Crippen molar-refractivity contribution >= 4 is 22.9 Å². The molecule has 0 aliphatic heterocycles. The van der Waals surface area contributed by atoms with Gasteiger partial charge >= 0.3 is 0 Å². The van der Waals surface area contributed by atoms with Crippen LogP contribution in [0.4, 0.5) is 5.69 Å². The van der Waals surface area contributed by atoms with Crippen LogP contribution in [-0.2, 0) is 14.4 Å². The van der Waals surface area contributed by atoms with Crippen molar-refractivity contribution < 1.29 is 17.9 Å². The molecule has 0 spiro atoms. The van der Waals surface area contributed by atoms with Crippen LogP contribution >= 0.6 is 7.37 Å². The quantitative estimate of drug-likeness (QED) is 0.612. The number of sulfone groups is 1. The van der Waals surface area contributed by atoms with Crippen LogP contribution in [0.15, 0.2) is 29.2 Å². The summed E-state index contributed by atoms with van der Waals surface area (Å²) in [6.45, 7) is 1.02. The molecule has 84 valence electrons. The monoisotopic (exact) mass is 249 g/mol. The number of rotatable bonds is 3. The number of hydrogen-bond donors (Lipinski definition) is 2. The zero-order valence-electron chi connectivity index (χ0n) is 8.12. The molecule has 7 heteroatoms. The minimum absolute atomic E-state index is 0.00725. The Morgan fingerprint density at radius 2 is 1.80 bits per heavy atom. The highest BCUT2D eigenvalue weighted by atomic mass is 32.2. The van der Waals surface area contributed by atoms with E-state index in [2.05, 4.69) is 0 Å². The van der Waals surface area contributed by atoms with Crippen molar-refractivity contribution in [1.82, 2.24) is 0 Å². The van der Waals surface area contributed by atoms with E-state index in [1.165, 1.54) is 24.3 Å². The fraction of sp³-hybridized carbons (Fsp3) is 0.250. The van der Waals surface area contributed by atoms with Gasteiger partial charge in [-0.25, -0.2) is 8.42 Å². The Morgan fingerprint density at radius 3 is 2.20 bits per heavy atom. The van der Waals surface area contributed by atoms with Gasteiger partial charge in [0.25, 0.3) is 0 Å². The maximum absolute atomic E-state index is 11.6. The summed E-state index contributed by atoms with van der Waals surface area (Å²) in [7, 11) is -7.29. The average molecular weight is 249 g/mol. The van der Waals surface area contributed by atoms with Crippen LogP contribution in [-0.4, -0.2) is 25.5 Å². The Morgan fingerprint density at radius 1 is 1.33 bits per heavy atom. The highest BCUT2D eigenvalue weighted by molar-refractivity contribution is 7.98. The van der Waals surface area contributed by atoms with Gasteiger partial charge in [-0.05, 0) is 24.3 Å². The zero-order valence-corrected chi connectivity index (χ0v) is 9.83. The maximum atomic E-state index is 11.6. The molecule has 0 saturated carbocycles. The molecule has 0 saturated heterocycles. The topological polar surface area (TPSA) is 97.5 Å². The molecule has 0 heterocycles. The van der Waals surface area contributed by atoms with Crippen LogP contribution in [0.25, 0.3) is 0 Å². The molecular weight excluding hydrogens is 237 g/mol. The third-order valence-electron chi connectivity index (χ3n) is 1.65. The SMILES string of the molecule is CP(=O)(O)CS(=O)(=O)c1ccc(N)cc1. The third-order valence-corrected chi connectivity index (χ3v) is 5.92. The predicted octanol–water partition coefficient (Wildman–Crippen LogP) is 0.900. The Bertz CT molecular complexity index is 488. The van der Waals surface area contributed by atoms with E-state index in [9.17, 15) is 13.0 Å². The van der Waals surface area contributed by atoms with Crippen molar-refractivity contribution in [3.63, 3.8) is 0 Å². The van der Waals surface area contributed by atoms with E-state index in [0.29, 0.717) is 5.69 Å². The van der Waals surface area contributed by atoms with Crippen LogP contribution in [0.2, 0.25) is 0 Å². The minimum atomic E-state index is -3.70. The van der Waals surface area contributed by atoms with Crippen LogP contribution < -0.4 is 5.73 Å². The van der Waals surface area contributed by atoms with E-state index in [0.717, 1.165) is 6.66 Å². The normalized spacial score (nSPS) is 15.9. The van der Waals surface area contributed by atoms with Gasteiger partial charge in [0.15, 0.2) is 9.84 Å². The van der Waals surface area contributed by atoms with E-state index in [1.807, 2.05) is 0 Å². The van der Waals surface area contributed by atoms with Gasteiger partial charge in [0, 0.05) is 12.4 Å². The smallest absolute Gasteiger partial charge is 0.212 e. The van der Waals surface area contributed by atoms with Crippen LogP contribution in [0.5, 0.6) is 0 Å². The molecule has 3 N–H and O–H groups in total. The summed E-state index contributed by atoms with van der Waals surface area (Å²) in [4.78, 5) is 9.03. The highest BCUT2D eigenvalue weighted by Gasteiger charge is 2.23. The van der Waals surface area contributed by atoms with Gasteiger partial charge in [-0.15, -0.1) is 0 Å². The van der Waals surface area contributed by atoms with Crippen molar-refractivity contribution in [3.05, 3.63) is 24.3 Å². The fourth-order valence-corrected chi connectivity index (χ4v) is 4.73. The van der Waals surface area contributed by atoms with Crippen molar-refractivity contribution in [2.24, 2.45) is 0 Å². The fourth-order valence-electron chi connectivity index (χ4n) is 1.07. The van der Waals surface area contributed by atoms with Crippen molar-refractivity contribution in [2.45, 2.75) is 4.90 Å². The molecule has 1 aromatic carbocycles. The molecule has 0 amide bonds. The van der Waals surface area contributed by atoms with Crippen LogP contribution in [0.3, 0.4) is 0 Å². The van der Waals surface area contributed by atoms with Gasteiger partial charge < -0.3 is 10.6 Å². The number of benzene rings is 1. The first-order valence-electron chi connectivity index (χ1n) is 4.08. The summed E-state index contributed by atoms with van der Waals surface area (Å²) in [6, 6.07) is 5.51.